The van der Waals surface area contributed by atoms with E-state index >= 15 is 0 Å². The smallest absolute Gasteiger partial charge is 0.261 e. The van der Waals surface area contributed by atoms with Crippen LogP contribution in [0.3, 0.4) is 0 Å². The number of rotatable bonds is 2. The van der Waals surface area contributed by atoms with E-state index in [0.29, 0.717) is 6.92 Å². The summed E-state index contributed by atoms with van der Waals surface area (Å²) in [5.41, 5.74) is 0. The van der Waals surface area contributed by atoms with Crippen molar-refractivity contribution in [1.29, 1.82) is 0 Å². The van der Waals surface area contributed by atoms with Gasteiger partial charge in [-0.05, 0) is 6.92 Å². The molecule has 0 unspecified atom stereocenters. The summed E-state index contributed by atoms with van der Waals surface area (Å²) in [4.78, 5) is 9.31. The van der Waals surface area contributed by atoms with Crippen LogP contribution in [-0.4, -0.2) is 12.0 Å². The van der Waals surface area contributed by atoms with Gasteiger partial charge in [-0.15, -0.1) is 0 Å². The fourth-order valence-corrected chi connectivity index (χ4v) is 0.244. The number of carbonyl (C=O) groups is 1. The number of carbonyl (C=O) groups excluding carboxylic acids is 1. The number of halogens is 3. The van der Waals surface area contributed by atoms with E-state index < -0.39 is 18.4 Å². The Bertz CT molecular complexity index is 93.9. The summed E-state index contributed by atoms with van der Waals surface area (Å²) in [6, 6.07) is -1.97. The van der Waals surface area contributed by atoms with Crippen molar-refractivity contribution in [3.8, 4) is 0 Å². The molecule has 0 spiro atoms. The van der Waals surface area contributed by atoms with Crippen molar-refractivity contribution in [3.63, 3.8) is 0 Å². The van der Waals surface area contributed by atoms with Crippen LogP contribution in [0.25, 0.3) is 0 Å². The molecule has 0 N–H and O–H groups in total. The summed E-state index contributed by atoms with van der Waals surface area (Å²) in [6.45, 7) is 0.491. The lowest BCUT2D eigenvalue weighted by molar-refractivity contribution is -0.135. The third kappa shape index (κ3) is 5.46. The molecule has 0 rings (SSSR count). The zero-order valence-corrected chi connectivity index (χ0v) is 4.25. The van der Waals surface area contributed by atoms with Crippen LogP contribution in [0.5, 0.6) is 0 Å². The maximum atomic E-state index is 11.5. The van der Waals surface area contributed by atoms with Gasteiger partial charge in [-0.3, -0.25) is 4.79 Å². The summed E-state index contributed by atoms with van der Waals surface area (Å²) in [6.07, 6.45) is -1.31. The topological polar surface area (TPSA) is 17.1 Å². The Morgan fingerprint density at radius 2 is 2.00 bits per heavy atom. The van der Waals surface area contributed by atoms with E-state index in [1.54, 1.807) is 0 Å². The monoisotopic (exact) mass is 126 g/mol. The first-order valence-corrected chi connectivity index (χ1v) is 1.98. The van der Waals surface area contributed by atoms with E-state index in [2.05, 4.69) is 0 Å². The van der Waals surface area contributed by atoms with Crippen LogP contribution < -0.4 is 0 Å². The van der Waals surface area contributed by atoms with Crippen molar-refractivity contribution in [3.05, 3.63) is 0 Å². The molecule has 48 valence electrons. The maximum Gasteiger partial charge on any atom is 0.307 e. The molecule has 0 saturated carbocycles. The molecule has 0 aromatic rings. The molecule has 1 nitrogen and oxygen atoms in total. The van der Waals surface area contributed by atoms with Crippen LogP contribution in [-0.2, 0) is 4.79 Å². The molecule has 0 aliphatic rings. The Kier molecular flexibility index (Phi) is 2.01. The first kappa shape index (κ1) is 7.46. The molecule has 8 heavy (non-hydrogen) atoms. The molecule has 0 aliphatic heterocycles. The van der Waals surface area contributed by atoms with Gasteiger partial charge in [-0.2, -0.15) is 4.39 Å². The van der Waals surface area contributed by atoms with Gasteiger partial charge in [0.2, 0.25) is 0 Å². The van der Waals surface area contributed by atoms with Gasteiger partial charge >= 0.3 is 6.04 Å². The zero-order chi connectivity index (χ0) is 6.78. The fraction of sp³-hybridized carbons (Fsp3) is 0.750. The summed E-state index contributed by atoms with van der Waals surface area (Å²) in [7, 11) is 0. The molecule has 0 amide bonds. The summed E-state index contributed by atoms with van der Waals surface area (Å²) < 4.78 is 34.1. The van der Waals surface area contributed by atoms with Crippen molar-refractivity contribution in [2.75, 3.05) is 0 Å². The van der Waals surface area contributed by atoms with Gasteiger partial charge in [0.15, 0.2) is 0 Å². The molecule has 0 heterocycles. The molecular weight excluding hydrogens is 121 g/mol. The van der Waals surface area contributed by atoms with Crippen molar-refractivity contribution in [2.24, 2.45) is 0 Å². The molecular formula is C4H5F3O. The third-order valence-corrected chi connectivity index (χ3v) is 0.449. The van der Waals surface area contributed by atoms with Gasteiger partial charge < -0.3 is 0 Å². The molecule has 0 bridgehead atoms. The van der Waals surface area contributed by atoms with Crippen molar-refractivity contribution in [2.45, 2.75) is 19.3 Å². The highest BCUT2D eigenvalue weighted by atomic mass is 19.3. The van der Waals surface area contributed by atoms with Gasteiger partial charge in [0.05, 0.1) is 0 Å². The zero-order valence-electron chi connectivity index (χ0n) is 4.25. The first-order valence-electron chi connectivity index (χ1n) is 1.98. The second kappa shape index (κ2) is 2.15. The van der Waals surface area contributed by atoms with Gasteiger partial charge in [0.1, 0.15) is 6.42 Å². The predicted octanol–water partition coefficient (Wildman–Crippen LogP) is 1.53. The Balaban J connectivity index is 3.55. The molecule has 0 aromatic carbocycles. The summed E-state index contributed by atoms with van der Waals surface area (Å²) in [5.74, 6) is -3.20. The van der Waals surface area contributed by atoms with E-state index in [4.69, 9.17) is 0 Å². The lowest BCUT2D eigenvalue weighted by Crippen LogP contribution is -2.12. The number of hydrogen-bond donors (Lipinski definition) is 0. The van der Waals surface area contributed by atoms with Gasteiger partial charge in [0, 0.05) is 0 Å². The average molecular weight is 126 g/mol. The van der Waals surface area contributed by atoms with Gasteiger partial charge in [-0.1, -0.05) is 0 Å². The van der Waals surface area contributed by atoms with E-state index in [0.717, 1.165) is 0 Å². The lowest BCUT2D eigenvalue weighted by atomic mass is 10.3. The van der Waals surface area contributed by atoms with Crippen LogP contribution in [0.15, 0.2) is 0 Å². The van der Waals surface area contributed by atoms with E-state index in [1.807, 2.05) is 0 Å². The minimum absolute atomic E-state index is 0.491. The van der Waals surface area contributed by atoms with E-state index in [9.17, 15) is 18.0 Å². The Hall–Kier alpha value is -0.540. The van der Waals surface area contributed by atoms with Crippen LogP contribution in [0.4, 0.5) is 13.2 Å². The number of hydrogen-bond acceptors (Lipinski definition) is 1. The minimum Gasteiger partial charge on any atom is -0.261 e. The Morgan fingerprint density at radius 1 is 1.62 bits per heavy atom. The average Bonchev–Trinajstić information content (AvgIpc) is 1.21. The second-order valence-corrected chi connectivity index (χ2v) is 1.60. The van der Waals surface area contributed by atoms with Crippen LogP contribution in [0.1, 0.15) is 13.3 Å². The quantitative estimate of drug-likeness (QED) is 0.513. The van der Waals surface area contributed by atoms with Crippen LogP contribution in [0.2, 0.25) is 0 Å². The molecule has 0 saturated heterocycles. The molecule has 0 radical (unpaired) electrons. The highest BCUT2D eigenvalue weighted by Gasteiger charge is 2.24. The first-order chi connectivity index (χ1) is 3.42. The highest BCUT2D eigenvalue weighted by molar-refractivity contribution is 5.68. The number of alkyl halides is 2. The largest absolute Gasteiger partial charge is 0.307 e. The SMILES string of the molecule is CC(F)(F)CC(=O)F. The highest BCUT2D eigenvalue weighted by Crippen LogP contribution is 2.16. The summed E-state index contributed by atoms with van der Waals surface area (Å²) in [5, 5.41) is 0. The molecule has 4 heteroatoms. The minimum atomic E-state index is -3.20. The molecule has 0 aromatic heterocycles. The van der Waals surface area contributed by atoms with Crippen molar-refractivity contribution >= 4 is 6.04 Å². The molecule has 0 atom stereocenters. The third-order valence-electron chi connectivity index (χ3n) is 0.449. The normalized spacial score (nSPS) is 11.5. The Labute approximate surface area is 44.5 Å². The molecule has 0 aliphatic carbocycles. The maximum absolute atomic E-state index is 11.5. The van der Waals surface area contributed by atoms with Crippen molar-refractivity contribution in [1.82, 2.24) is 0 Å². The van der Waals surface area contributed by atoms with Gasteiger partial charge in [-0.25, -0.2) is 8.78 Å². The van der Waals surface area contributed by atoms with E-state index in [-0.39, 0.29) is 0 Å². The fourth-order valence-electron chi connectivity index (χ4n) is 0.244. The second-order valence-electron chi connectivity index (χ2n) is 1.60. The van der Waals surface area contributed by atoms with Crippen LogP contribution >= 0.6 is 0 Å². The van der Waals surface area contributed by atoms with Gasteiger partial charge in [0.25, 0.3) is 5.92 Å². The standard InChI is InChI=1S/C4H5F3O/c1-4(6,7)2-3(5)8/h2H2,1H3. The molecule has 0 fully saturated rings. The van der Waals surface area contributed by atoms with E-state index in [1.165, 1.54) is 0 Å². The lowest BCUT2D eigenvalue weighted by Gasteiger charge is -2.02. The predicted molar refractivity (Wildman–Crippen MR) is 21.4 cm³/mol. The van der Waals surface area contributed by atoms with Crippen LogP contribution in [0, 0.1) is 0 Å². The van der Waals surface area contributed by atoms with Crippen molar-refractivity contribution < 1.29 is 18.0 Å². The Morgan fingerprint density at radius 3 is 2.00 bits per heavy atom. The summed E-state index contributed by atoms with van der Waals surface area (Å²) >= 11 is 0.